The van der Waals surface area contributed by atoms with Gasteiger partial charge in [0.15, 0.2) is 17.3 Å². The fraction of sp³-hybridized carbons (Fsp3) is 0.0556. The van der Waals surface area contributed by atoms with Crippen LogP contribution in [0.4, 0.5) is 19.0 Å². The highest BCUT2D eigenvalue weighted by molar-refractivity contribution is 5.83. The topological polar surface area (TPSA) is 70.4 Å². The van der Waals surface area contributed by atoms with E-state index < -0.39 is 11.9 Å². The molecular weight excluding hydrogens is 345 g/mol. The average molecular weight is 358 g/mol. The number of hydrazone groups is 1. The van der Waals surface area contributed by atoms with Crippen LogP contribution in [0, 0.1) is 0 Å². The lowest BCUT2D eigenvalue weighted by atomic mass is 10.2. The Morgan fingerprint density at radius 1 is 0.962 bits per heavy atom. The van der Waals surface area contributed by atoms with Gasteiger partial charge < -0.3 is 5.11 Å². The van der Waals surface area contributed by atoms with Gasteiger partial charge >= 0.3 is 6.18 Å². The monoisotopic (exact) mass is 358 g/mol. The van der Waals surface area contributed by atoms with E-state index in [2.05, 4.69) is 20.5 Å². The molecule has 0 saturated carbocycles. The summed E-state index contributed by atoms with van der Waals surface area (Å²) in [7, 11) is 0. The first-order valence-corrected chi connectivity index (χ1v) is 7.52. The third kappa shape index (κ3) is 4.15. The number of nitrogens with zero attached hydrogens (tertiary/aromatic N) is 3. The van der Waals surface area contributed by atoms with Gasteiger partial charge in [-0.25, -0.2) is 9.97 Å². The van der Waals surface area contributed by atoms with Crippen molar-refractivity contribution in [3.05, 3.63) is 71.9 Å². The zero-order chi connectivity index (χ0) is 18.6. The van der Waals surface area contributed by atoms with Crippen LogP contribution in [0.5, 0.6) is 5.75 Å². The van der Waals surface area contributed by atoms with E-state index in [0.717, 1.165) is 6.07 Å². The Kier molecular flexibility index (Phi) is 4.83. The average Bonchev–Trinajstić information content (AvgIpc) is 2.63. The first-order chi connectivity index (χ1) is 12.4. The first-order valence-electron chi connectivity index (χ1n) is 7.52. The normalized spacial score (nSPS) is 11.7. The van der Waals surface area contributed by atoms with Crippen LogP contribution < -0.4 is 5.43 Å². The Morgan fingerprint density at radius 2 is 1.65 bits per heavy atom. The Balaban J connectivity index is 1.92. The van der Waals surface area contributed by atoms with E-state index in [1.165, 1.54) is 12.3 Å². The largest absolute Gasteiger partial charge is 0.507 e. The van der Waals surface area contributed by atoms with Gasteiger partial charge in [0.2, 0.25) is 0 Å². The number of anilines is 1. The number of hydrogen-bond acceptors (Lipinski definition) is 5. The highest BCUT2D eigenvalue weighted by atomic mass is 19.4. The summed E-state index contributed by atoms with van der Waals surface area (Å²) in [5, 5.41) is 13.5. The van der Waals surface area contributed by atoms with Crippen LogP contribution in [-0.2, 0) is 6.18 Å². The third-order valence-corrected chi connectivity index (χ3v) is 3.37. The van der Waals surface area contributed by atoms with Crippen LogP contribution in [0.15, 0.2) is 65.8 Å². The predicted molar refractivity (Wildman–Crippen MR) is 91.8 cm³/mol. The molecule has 2 N–H and O–H groups in total. The van der Waals surface area contributed by atoms with Gasteiger partial charge in [0, 0.05) is 17.2 Å². The molecule has 5 nitrogen and oxygen atoms in total. The maximum Gasteiger partial charge on any atom is 0.433 e. The smallest absolute Gasteiger partial charge is 0.433 e. The van der Waals surface area contributed by atoms with Crippen molar-refractivity contribution in [1.82, 2.24) is 9.97 Å². The second-order valence-electron chi connectivity index (χ2n) is 5.25. The van der Waals surface area contributed by atoms with Gasteiger partial charge in [0.25, 0.3) is 0 Å². The Morgan fingerprint density at radius 3 is 2.35 bits per heavy atom. The minimum Gasteiger partial charge on any atom is -0.507 e. The summed E-state index contributed by atoms with van der Waals surface area (Å²) in [6.45, 7) is 0. The van der Waals surface area contributed by atoms with Gasteiger partial charge in [-0.05, 0) is 12.1 Å². The minimum absolute atomic E-state index is 0.00157. The van der Waals surface area contributed by atoms with Crippen LogP contribution in [0.2, 0.25) is 0 Å². The molecule has 0 aliphatic carbocycles. The molecule has 0 aliphatic heterocycles. The molecule has 3 rings (SSSR count). The highest BCUT2D eigenvalue weighted by Gasteiger charge is 2.33. The first kappa shape index (κ1) is 17.4. The molecule has 1 heterocycles. The molecule has 0 radical (unpaired) electrons. The number of aromatic nitrogens is 2. The maximum atomic E-state index is 13.1. The molecule has 2 aromatic carbocycles. The van der Waals surface area contributed by atoms with Gasteiger partial charge in [0.05, 0.1) is 6.21 Å². The van der Waals surface area contributed by atoms with Crippen LogP contribution in [-0.4, -0.2) is 21.3 Å². The Labute approximate surface area is 146 Å². The van der Waals surface area contributed by atoms with Crippen LogP contribution in [0.25, 0.3) is 11.4 Å². The van der Waals surface area contributed by atoms with E-state index in [0.29, 0.717) is 11.1 Å². The third-order valence-electron chi connectivity index (χ3n) is 3.37. The molecular formula is C18H13F3N4O. The minimum atomic E-state index is -4.62. The molecule has 0 aliphatic rings. The zero-order valence-corrected chi connectivity index (χ0v) is 13.3. The van der Waals surface area contributed by atoms with Crippen molar-refractivity contribution in [2.75, 3.05) is 5.43 Å². The molecule has 26 heavy (non-hydrogen) atoms. The molecule has 0 fully saturated rings. The van der Waals surface area contributed by atoms with Crippen molar-refractivity contribution in [3.63, 3.8) is 0 Å². The number of alkyl halides is 3. The van der Waals surface area contributed by atoms with E-state index in [4.69, 9.17) is 0 Å². The lowest BCUT2D eigenvalue weighted by molar-refractivity contribution is -0.141. The van der Waals surface area contributed by atoms with Crippen LogP contribution >= 0.6 is 0 Å². The summed E-state index contributed by atoms with van der Waals surface area (Å²) >= 11 is 0. The van der Waals surface area contributed by atoms with E-state index >= 15 is 0 Å². The number of phenols is 1. The SMILES string of the molecule is Oc1ccccc1/C=N/Nc1cc(C(F)(F)F)nc(-c2ccccc2)n1. The fourth-order valence-corrected chi connectivity index (χ4v) is 2.13. The lowest BCUT2D eigenvalue weighted by Gasteiger charge is -2.10. The van der Waals surface area contributed by atoms with Crippen molar-refractivity contribution < 1.29 is 18.3 Å². The van der Waals surface area contributed by atoms with E-state index in [9.17, 15) is 18.3 Å². The predicted octanol–water partition coefficient (Wildman–Crippen LogP) is 4.31. The summed E-state index contributed by atoms with van der Waals surface area (Å²) in [6.07, 6.45) is -3.34. The van der Waals surface area contributed by atoms with Crippen LogP contribution in [0.1, 0.15) is 11.3 Å². The molecule has 8 heteroatoms. The summed E-state index contributed by atoms with van der Waals surface area (Å²) < 4.78 is 39.3. The number of nitrogens with one attached hydrogen (secondary N) is 1. The van der Waals surface area contributed by atoms with Crippen molar-refractivity contribution >= 4 is 12.0 Å². The molecule has 0 unspecified atom stereocenters. The van der Waals surface area contributed by atoms with E-state index in [1.54, 1.807) is 48.5 Å². The molecule has 0 saturated heterocycles. The zero-order valence-electron chi connectivity index (χ0n) is 13.3. The quantitative estimate of drug-likeness (QED) is 0.538. The highest BCUT2D eigenvalue weighted by Crippen LogP contribution is 2.30. The Hall–Kier alpha value is -3.42. The van der Waals surface area contributed by atoms with Gasteiger partial charge in [-0.2, -0.15) is 18.3 Å². The van der Waals surface area contributed by atoms with E-state index in [-0.39, 0.29) is 17.4 Å². The number of rotatable bonds is 4. The number of phenolic OH excluding ortho intramolecular Hbond substituents is 1. The summed E-state index contributed by atoms with van der Waals surface area (Å²) in [5.41, 5.74) is 2.23. The Bertz CT molecular complexity index is 927. The second kappa shape index (κ2) is 7.22. The number of halogens is 3. The van der Waals surface area contributed by atoms with Crippen molar-refractivity contribution in [2.24, 2.45) is 5.10 Å². The van der Waals surface area contributed by atoms with Gasteiger partial charge in [-0.15, -0.1) is 0 Å². The van der Waals surface area contributed by atoms with Gasteiger partial charge in [-0.3, -0.25) is 5.43 Å². The lowest BCUT2D eigenvalue weighted by Crippen LogP contribution is -2.11. The second-order valence-corrected chi connectivity index (χ2v) is 5.25. The number of aromatic hydroxyl groups is 1. The molecule has 0 amide bonds. The van der Waals surface area contributed by atoms with Gasteiger partial charge in [-0.1, -0.05) is 42.5 Å². The number of benzene rings is 2. The molecule has 0 bridgehead atoms. The standard InChI is InChI=1S/C18H13F3N4O/c19-18(20,21)15-10-16(24-17(23-15)12-6-2-1-3-7-12)25-22-11-13-8-4-5-9-14(13)26/h1-11,26H,(H,23,24,25)/b22-11+. The summed E-state index contributed by atoms with van der Waals surface area (Å²) in [5.74, 6) is -0.180. The van der Waals surface area contributed by atoms with Crippen molar-refractivity contribution in [1.29, 1.82) is 0 Å². The number of hydrogen-bond donors (Lipinski definition) is 2. The number of para-hydroxylation sites is 1. The van der Waals surface area contributed by atoms with Crippen molar-refractivity contribution in [3.8, 4) is 17.1 Å². The maximum absolute atomic E-state index is 13.1. The molecule has 132 valence electrons. The summed E-state index contributed by atoms with van der Waals surface area (Å²) in [4.78, 5) is 7.66. The molecule has 1 aromatic heterocycles. The molecule has 0 spiro atoms. The fourth-order valence-electron chi connectivity index (χ4n) is 2.13. The molecule has 3 aromatic rings. The van der Waals surface area contributed by atoms with E-state index in [1.807, 2.05) is 0 Å². The van der Waals surface area contributed by atoms with Crippen LogP contribution in [0.3, 0.4) is 0 Å². The van der Waals surface area contributed by atoms with Gasteiger partial charge in [0.1, 0.15) is 5.75 Å². The van der Waals surface area contributed by atoms with Crippen molar-refractivity contribution in [2.45, 2.75) is 6.18 Å². The molecule has 0 atom stereocenters. The summed E-state index contributed by atoms with van der Waals surface area (Å²) in [6, 6.07) is 15.5.